The molecule has 0 bridgehead atoms. The average molecular weight is 510 g/mol. The first kappa shape index (κ1) is 23.2. The summed E-state index contributed by atoms with van der Waals surface area (Å²) in [5.74, 6) is 1.36. The molecule has 5 aromatic rings. The Morgan fingerprint density at radius 3 is 2.70 bits per heavy atom. The molecule has 0 radical (unpaired) electrons. The quantitative estimate of drug-likeness (QED) is 0.329. The fraction of sp³-hybridized carbons (Fsp3) is 0.214. The number of amides is 1. The maximum Gasteiger partial charge on any atom is 0.255 e. The lowest BCUT2D eigenvalue weighted by Crippen LogP contribution is -2.23. The summed E-state index contributed by atoms with van der Waals surface area (Å²) < 4.78 is 1.82. The van der Waals surface area contributed by atoms with Gasteiger partial charge in [-0.2, -0.15) is 16.4 Å². The number of pyridine rings is 2. The van der Waals surface area contributed by atoms with Crippen LogP contribution in [0, 0.1) is 0 Å². The average Bonchev–Trinajstić information content (AvgIpc) is 3.70. The number of fused-ring (bicyclic) bond motifs is 1. The first-order chi connectivity index (χ1) is 18.1. The molecule has 5 heterocycles. The smallest absolute Gasteiger partial charge is 0.255 e. The molecule has 37 heavy (non-hydrogen) atoms. The molecule has 9 heteroatoms. The van der Waals surface area contributed by atoms with E-state index in [1.807, 2.05) is 58.2 Å². The Morgan fingerprint density at radius 1 is 1.05 bits per heavy atom. The number of benzene rings is 1. The molecule has 3 N–H and O–H groups in total. The van der Waals surface area contributed by atoms with Crippen molar-refractivity contribution in [2.24, 2.45) is 0 Å². The molecular weight excluding hydrogens is 482 g/mol. The second kappa shape index (κ2) is 10.0. The minimum atomic E-state index is -0.163. The highest BCUT2D eigenvalue weighted by molar-refractivity contribution is 7.08. The van der Waals surface area contributed by atoms with E-state index in [0.29, 0.717) is 30.2 Å². The van der Waals surface area contributed by atoms with Gasteiger partial charge in [-0.1, -0.05) is 18.2 Å². The Labute approximate surface area is 218 Å². The van der Waals surface area contributed by atoms with Crippen LogP contribution in [0.4, 0.5) is 11.6 Å². The van der Waals surface area contributed by atoms with Gasteiger partial charge in [0, 0.05) is 54.6 Å². The van der Waals surface area contributed by atoms with Crippen molar-refractivity contribution in [3.8, 4) is 11.3 Å². The topological polar surface area (TPSA) is 102 Å². The summed E-state index contributed by atoms with van der Waals surface area (Å²) in [6.07, 6.45) is 7.86. The minimum Gasteiger partial charge on any atom is -0.383 e. The van der Waals surface area contributed by atoms with Crippen LogP contribution in [0.5, 0.6) is 0 Å². The zero-order valence-electron chi connectivity index (χ0n) is 20.3. The molecule has 1 saturated heterocycles. The molecule has 1 aliphatic rings. The van der Waals surface area contributed by atoms with Crippen molar-refractivity contribution in [2.75, 3.05) is 23.7 Å². The summed E-state index contributed by atoms with van der Waals surface area (Å²) in [5.41, 5.74) is 10.2. The monoisotopic (exact) mass is 509 g/mol. The van der Waals surface area contributed by atoms with Crippen LogP contribution in [-0.2, 0) is 13.1 Å². The minimum absolute atomic E-state index is 0.163. The van der Waals surface area contributed by atoms with E-state index in [9.17, 15) is 4.79 Å². The SMILES string of the molecule is Nc1nccc2cc(CNC(=O)c3cn(Cc4ccc(N5CCCC5)nc4)nc3-c3ccsc3)ccc12. The molecule has 0 unspecified atom stereocenters. The van der Waals surface area contributed by atoms with Gasteiger partial charge in [0.2, 0.25) is 0 Å². The van der Waals surface area contributed by atoms with Crippen molar-refractivity contribution in [1.29, 1.82) is 0 Å². The Morgan fingerprint density at radius 2 is 1.92 bits per heavy atom. The zero-order valence-corrected chi connectivity index (χ0v) is 21.1. The maximum absolute atomic E-state index is 13.3. The molecule has 186 valence electrons. The van der Waals surface area contributed by atoms with Crippen molar-refractivity contribution >= 4 is 39.7 Å². The summed E-state index contributed by atoms with van der Waals surface area (Å²) in [4.78, 5) is 24.4. The number of carbonyl (C=O) groups is 1. The van der Waals surface area contributed by atoms with E-state index in [2.05, 4.69) is 32.3 Å². The molecule has 0 atom stereocenters. The van der Waals surface area contributed by atoms with E-state index in [-0.39, 0.29) is 5.91 Å². The number of hydrogen-bond donors (Lipinski definition) is 2. The number of aromatic nitrogens is 4. The second-order valence-electron chi connectivity index (χ2n) is 9.25. The van der Waals surface area contributed by atoms with Crippen molar-refractivity contribution in [1.82, 2.24) is 25.1 Å². The zero-order chi connectivity index (χ0) is 25.2. The first-order valence-corrected chi connectivity index (χ1v) is 13.3. The van der Waals surface area contributed by atoms with Gasteiger partial charge in [-0.25, -0.2) is 9.97 Å². The van der Waals surface area contributed by atoms with Crippen molar-refractivity contribution in [3.63, 3.8) is 0 Å². The van der Waals surface area contributed by atoms with Crippen LogP contribution < -0.4 is 16.0 Å². The number of carbonyl (C=O) groups excluding carboxylic acids is 1. The number of nitrogens with zero attached hydrogens (tertiary/aromatic N) is 5. The third-order valence-electron chi connectivity index (χ3n) is 6.70. The van der Waals surface area contributed by atoms with Gasteiger partial charge in [0.15, 0.2) is 0 Å². The summed E-state index contributed by atoms with van der Waals surface area (Å²) >= 11 is 1.58. The highest BCUT2D eigenvalue weighted by Crippen LogP contribution is 2.26. The van der Waals surface area contributed by atoms with Gasteiger partial charge in [-0.15, -0.1) is 0 Å². The van der Waals surface area contributed by atoms with E-state index in [1.165, 1.54) is 12.8 Å². The Balaban J connectivity index is 1.20. The largest absolute Gasteiger partial charge is 0.383 e. The predicted octanol–water partition coefficient (Wildman–Crippen LogP) is 4.72. The Bertz CT molecular complexity index is 1540. The van der Waals surface area contributed by atoms with Crippen LogP contribution in [0.1, 0.15) is 34.3 Å². The van der Waals surface area contributed by atoms with Crippen molar-refractivity contribution < 1.29 is 4.79 Å². The van der Waals surface area contributed by atoms with Gasteiger partial charge in [-0.05, 0) is 59.0 Å². The fourth-order valence-electron chi connectivity index (χ4n) is 4.75. The second-order valence-corrected chi connectivity index (χ2v) is 10.0. The van der Waals surface area contributed by atoms with Crippen molar-refractivity contribution in [2.45, 2.75) is 25.9 Å². The summed E-state index contributed by atoms with van der Waals surface area (Å²) in [7, 11) is 0. The number of rotatable bonds is 7. The van der Waals surface area contributed by atoms with E-state index in [0.717, 1.165) is 46.4 Å². The normalized spacial score (nSPS) is 13.4. The number of anilines is 2. The van der Waals surface area contributed by atoms with Gasteiger partial charge in [0.25, 0.3) is 5.91 Å². The van der Waals surface area contributed by atoms with Crippen LogP contribution in [0.25, 0.3) is 22.0 Å². The van der Waals surface area contributed by atoms with Crippen molar-refractivity contribution in [3.05, 3.63) is 88.5 Å². The summed E-state index contributed by atoms with van der Waals surface area (Å²) in [6.45, 7) is 3.07. The number of nitrogens with two attached hydrogens (primary N) is 1. The van der Waals surface area contributed by atoms with Crippen LogP contribution in [0.15, 0.2) is 71.8 Å². The van der Waals surface area contributed by atoms with Gasteiger partial charge >= 0.3 is 0 Å². The standard InChI is InChI=1S/C28H27N7OS/c29-27-23-5-3-19(13-21(23)7-9-30-27)14-32-28(36)24-17-35(33-26(24)22-8-12-37-18-22)16-20-4-6-25(31-15-20)34-10-1-2-11-34/h3-9,12-13,15,17-18H,1-2,10-11,14,16H2,(H2,29,30)(H,32,36). The van der Waals surface area contributed by atoms with Gasteiger partial charge in [-0.3, -0.25) is 9.48 Å². The van der Waals surface area contributed by atoms with Gasteiger partial charge < -0.3 is 16.0 Å². The molecule has 0 aliphatic carbocycles. The lowest BCUT2D eigenvalue weighted by molar-refractivity contribution is 0.0951. The van der Waals surface area contributed by atoms with Crippen LogP contribution in [0.2, 0.25) is 0 Å². The molecule has 0 saturated carbocycles. The summed E-state index contributed by atoms with van der Waals surface area (Å²) in [6, 6.07) is 14.0. The van der Waals surface area contributed by atoms with Crippen LogP contribution >= 0.6 is 11.3 Å². The third kappa shape index (κ3) is 4.90. The van der Waals surface area contributed by atoms with Gasteiger partial charge in [0.05, 0.1) is 12.1 Å². The van der Waals surface area contributed by atoms with Crippen LogP contribution in [0.3, 0.4) is 0 Å². The van der Waals surface area contributed by atoms with Crippen LogP contribution in [-0.4, -0.2) is 38.7 Å². The molecular formula is C28H27N7OS. The molecule has 6 rings (SSSR count). The number of nitrogens with one attached hydrogen (secondary N) is 1. The highest BCUT2D eigenvalue weighted by Gasteiger charge is 2.19. The van der Waals surface area contributed by atoms with E-state index in [4.69, 9.17) is 10.8 Å². The lowest BCUT2D eigenvalue weighted by Gasteiger charge is -2.16. The first-order valence-electron chi connectivity index (χ1n) is 12.4. The lowest BCUT2D eigenvalue weighted by atomic mass is 10.1. The number of thiophene rings is 1. The molecule has 1 amide bonds. The molecule has 0 spiro atoms. The molecule has 8 nitrogen and oxygen atoms in total. The number of nitrogen functional groups attached to an aromatic ring is 1. The van der Waals surface area contributed by atoms with E-state index >= 15 is 0 Å². The fourth-order valence-corrected chi connectivity index (χ4v) is 5.39. The molecule has 1 aliphatic heterocycles. The molecule has 4 aromatic heterocycles. The Kier molecular flexibility index (Phi) is 6.28. The summed E-state index contributed by atoms with van der Waals surface area (Å²) in [5, 5.41) is 13.7. The maximum atomic E-state index is 13.3. The van der Waals surface area contributed by atoms with E-state index in [1.54, 1.807) is 17.5 Å². The predicted molar refractivity (Wildman–Crippen MR) is 148 cm³/mol. The van der Waals surface area contributed by atoms with E-state index < -0.39 is 0 Å². The Hall–Kier alpha value is -4.24. The molecule has 1 aromatic carbocycles. The highest BCUT2D eigenvalue weighted by atomic mass is 32.1. The number of hydrogen-bond acceptors (Lipinski definition) is 7. The molecule has 1 fully saturated rings. The third-order valence-corrected chi connectivity index (χ3v) is 7.38. The van der Waals surface area contributed by atoms with Gasteiger partial charge in [0.1, 0.15) is 17.3 Å².